The minimum Gasteiger partial charge on any atom is -0.464 e. The van der Waals surface area contributed by atoms with Crippen molar-refractivity contribution in [2.24, 2.45) is 0 Å². The van der Waals surface area contributed by atoms with Gasteiger partial charge in [-0.3, -0.25) is 4.79 Å². The Kier molecular flexibility index (Phi) is 4.98. The van der Waals surface area contributed by atoms with Crippen LogP contribution in [0.1, 0.15) is 38.8 Å². The third kappa shape index (κ3) is 3.29. The number of amides is 1. The van der Waals surface area contributed by atoms with Gasteiger partial charge in [-0.25, -0.2) is 4.79 Å². The van der Waals surface area contributed by atoms with Crippen molar-refractivity contribution >= 4 is 23.3 Å². The first-order valence-electron chi connectivity index (χ1n) is 8.85. The molecule has 5 heteroatoms. The lowest BCUT2D eigenvalue weighted by atomic mass is 9.89. The van der Waals surface area contributed by atoms with Gasteiger partial charge in [-0.1, -0.05) is 42.5 Å². The molecule has 0 bridgehead atoms. The third-order valence-corrected chi connectivity index (χ3v) is 4.74. The number of nitrogens with one attached hydrogen (secondary N) is 1. The molecule has 0 spiro atoms. The van der Waals surface area contributed by atoms with Crippen LogP contribution in [0.15, 0.2) is 54.6 Å². The number of ether oxygens (including phenoxy) is 1. The summed E-state index contributed by atoms with van der Waals surface area (Å²) in [4.78, 5) is 27.1. The minimum absolute atomic E-state index is 0.0683. The number of hydrogen-bond acceptors (Lipinski definition) is 4. The molecular weight excluding hydrogens is 328 g/mol. The number of para-hydroxylation sites is 2. The first-order valence-corrected chi connectivity index (χ1v) is 8.85. The fourth-order valence-corrected chi connectivity index (χ4v) is 3.54. The standard InChI is InChI=1S/C21H24N2O3/c1-4-26-20(25)21(3)14-19(16-10-6-5-7-11-16)23(15(2)24)18-13-9-8-12-17(18)22-21/h5-13,19,22H,4,14H2,1-3H3. The van der Waals surface area contributed by atoms with Crippen molar-refractivity contribution in [3.05, 3.63) is 60.2 Å². The fourth-order valence-electron chi connectivity index (χ4n) is 3.54. The Balaban J connectivity index is 2.17. The molecule has 2 atom stereocenters. The second-order valence-electron chi connectivity index (χ2n) is 6.71. The zero-order chi connectivity index (χ0) is 18.7. The monoisotopic (exact) mass is 352 g/mol. The normalized spacial score (nSPS) is 22.0. The van der Waals surface area contributed by atoms with Gasteiger partial charge in [0.25, 0.3) is 0 Å². The van der Waals surface area contributed by atoms with Crippen LogP contribution in [0, 0.1) is 0 Å². The number of benzene rings is 2. The van der Waals surface area contributed by atoms with E-state index in [4.69, 9.17) is 4.74 Å². The molecule has 1 N–H and O–H groups in total. The average molecular weight is 352 g/mol. The predicted octanol–water partition coefficient (Wildman–Crippen LogP) is 3.92. The van der Waals surface area contributed by atoms with E-state index in [1.807, 2.05) is 61.5 Å². The van der Waals surface area contributed by atoms with Crippen LogP contribution in [0.4, 0.5) is 11.4 Å². The van der Waals surface area contributed by atoms with Crippen LogP contribution in [-0.4, -0.2) is 24.0 Å². The second-order valence-corrected chi connectivity index (χ2v) is 6.71. The molecule has 5 nitrogen and oxygen atoms in total. The van der Waals surface area contributed by atoms with Gasteiger partial charge in [0.05, 0.1) is 24.0 Å². The van der Waals surface area contributed by atoms with Gasteiger partial charge in [-0.15, -0.1) is 0 Å². The summed E-state index contributed by atoms with van der Waals surface area (Å²) in [6.07, 6.45) is 0.407. The van der Waals surface area contributed by atoms with Crippen LogP contribution in [0.25, 0.3) is 0 Å². The van der Waals surface area contributed by atoms with Crippen LogP contribution in [0.5, 0.6) is 0 Å². The molecular formula is C21H24N2O3. The van der Waals surface area contributed by atoms with Crippen LogP contribution < -0.4 is 10.2 Å². The van der Waals surface area contributed by atoms with E-state index in [-0.39, 0.29) is 17.9 Å². The van der Waals surface area contributed by atoms with E-state index in [0.29, 0.717) is 13.0 Å². The molecule has 1 aliphatic heterocycles. The summed E-state index contributed by atoms with van der Waals surface area (Å²) >= 11 is 0. The molecule has 1 aliphatic rings. The molecule has 0 aliphatic carbocycles. The molecule has 2 unspecified atom stereocenters. The molecule has 0 fully saturated rings. The second kappa shape index (κ2) is 7.20. The van der Waals surface area contributed by atoms with Crippen molar-refractivity contribution in [3.8, 4) is 0 Å². The van der Waals surface area contributed by atoms with E-state index in [1.54, 1.807) is 18.7 Å². The van der Waals surface area contributed by atoms with Gasteiger partial charge in [0, 0.05) is 13.3 Å². The highest BCUT2D eigenvalue weighted by Crippen LogP contribution is 2.42. The zero-order valence-electron chi connectivity index (χ0n) is 15.4. The zero-order valence-corrected chi connectivity index (χ0v) is 15.4. The van der Waals surface area contributed by atoms with Gasteiger partial charge in [-0.05, 0) is 31.5 Å². The molecule has 136 valence electrons. The highest BCUT2D eigenvalue weighted by atomic mass is 16.5. The minimum atomic E-state index is -0.948. The number of esters is 1. The Morgan fingerprint density at radius 2 is 1.81 bits per heavy atom. The van der Waals surface area contributed by atoms with Crippen molar-refractivity contribution in [3.63, 3.8) is 0 Å². The van der Waals surface area contributed by atoms with Crippen molar-refractivity contribution < 1.29 is 14.3 Å². The van der Waals surface area contributed by atoms with Gasteiger partial charge < -0.3 is 15.0 Å². The van der Waals surface area contributed by atoms with Crippen molar-refractivity contribution in [1.82, 2.24) is 0 Å². The number of carbonyl (C=O) groups excluding carboxylic acids is 2. The molecule has 0 radical (unpaired) electrons. The Labute approximate surface area is 154 Å². The fraction of sp³-hybridized carbons (Fsp3) is 0.333. The SMILES string of the molecule is CCOC(=O)C1(C)CC(c2ccccc2)N(C(C)=O)c2ccccc2N1. The van der Waals surface area contributed by atoms with Crippen LogP contribution in [-0.2, 0) is 14.3 Å². The maximum absolute atomic E-state index is 12.7. The molecule has 1 heterocycles. The number of carbonyl (C=O) groups is 2. The smallest absolute Gasteiger partial charge is 0.331 e. The Bertz CT molecular complexity index is 806. The van der Waals surface area contributed by atoms with E-state index in [1.165, 1.54) is 0 Å². The summed E-state index contributed by atoms with van der Waals surface area (Å²) in [7, 11) is 0. The molecule has 26 heavy (non-hydrogen) atoms. The topological polar surface area (TPSA) is 58.6 Å². The molecule has 0 saturated heterocycles. The summed E-state index contributed by atoms with van der Waals surface area (Å²) < 4.78 is 5.33. The predicted molar refractivity (Wildman–Crippen MR) is 102 cm³/mol. The largest absolute Gasteiger partial charge is 0.464 e. The van der Waals surface area contributed by atoms with Crippen molar-refractivity contribution in [1.29, 1.82) is 0 Å². The summed E-state index contributed by atoms with van der Waals surface area (Å²) in [6, 6.07) is 17.1. The van der Waals surface area contributed by atoms with E-state index < -0.39 is 5.54 Å². The number of nitrogens with zero attached hydrogens (tertiary/aromatic N) is 1. The van der Waals surface area contributed by atoms with Crippen LogP contribution in [0.2, 0.25) is 0 Å². The van der Waals surface area contributed by atoms with Gasteiger partial charge >= 0.3 is 5.97 Å². The first-order chi connectivity index (χ1) is 12.5. The van der Waals surface area contributed by atoms with Crippen LogP contribution >= 0.6 is 0 Å². The Hall–Kier alpha value is -2.82. The van der Waals surface area contributed by atoms with Crippen LogP contribution in [0.3, 0.4) is 0 Å². The van der Waals surface area contributed by atoms with Gasteiger partial charge in [0.2, 0.25) is 5.91 Å². The maximum atomic E-state index is 12.7. The van der Waals surface area contributed by atoms with Gasteiger partial charge in [0.1, 0.15) is 5.54 Å². The Morgan fingerprint density at radius 1 is 1.15 bits per heavy atom. The molecule has 3 rings (SSSR count). The first kappa shape index (κ1) is 18.0. The summed E-state index contributed by atoms with van der Waals surface area (Å²) in [6.45, 7) is 5.49. The molecule has 0 saturated carbocycles. The Morgan fingerprint density at radius 3 is 2.46 bits per heavy atom. The van der Waals surface area contributed by atoms with E-state index >= 15 is 0 Å². The lowest BCUT2D eigenvalue weighted by Crippen LogP contribution is -2.46. The lowest BCUT2D eigenvalue weighted by molar-refractivity contribution is -0.148. The van der Waals surface area contributed by atoms with Crippen molar-refractivity contribution in [2.75, 3.05) is 16.8 Å². The van der Waals surface area contributed by atoms with Gasteiger partial charge in [-0.2, -0.15) is 0 Å². The van der Waals surface area contributed by atoms with E-state index in [9.17, 15) is 9.59 Å². The van der Waals surface area contributed by atoms with Gasteiger partial charge in [0.15, 0.2) is 0 Å². The maximum Gasteiger partial charge on any atom is 0.331 e. The molecule has 2 aromatic rings. The molecule has 0 aromatic heterocycles. The van der Waals surface area contributed by atoms with E-state index in [0.717, 1.165) is 16.9 Å². The van der Waals surface area contributed by atoms with E-state index in [2.05, 4.69) is 5.32 Å². The number of hydrogen-bond donors (Lipinski definition) is 1. The molecule has 1 amide bonds. The highest BCUT2D eigenvalue weighted by Gasteiger charge is 2.43. The summed E-state index contributed by atoms with van der Waals surface area (Å²) in [5.41, 5.74) is 1.55. The quantitative estimate of drug-likeness (QED) is 0.851. The summed E-state index contributed by atoms with van der Waals surface area (Å²) in [5.74, 6) is -0.387. The average Bonchev–Trinajstić information content (AvgIpc) is 2.77. The number of anilines is 2. The highest BCUT2D eigenvalue weighted by molar-refractivity contribution is 5.98. The summed E-state index contributed by atoms with van der Waals surface area (Å²) in [5, 5.41) is 3.34. The molecule has 2 aromatic carbocycles. The lowest BCUT2D eigenvalue weighted by Gasteiger charge is -2.33. The van der Waals surface area contributed by atoms with Crippen molar-refractivity contribution in [2.45, 2.75) is 38.8 Å². The number of rotatable bonds is 3. The number of fused-ring (bicyclic) bond motifs is 1. The third-order valence-electron chi connectivity index (χ3n) is 4.74.